The molecule has 2 aromatic carbocycles. The van der Waals surface area contributed by atoms with E-state index in [2.05, 4.69) is 0 Å². The van der Waals surface area contributed by atoms with Gasteiger partial charge in [-0.3, -0.25) is 14.2 Å². The van der Waals surface area contributed by atoms with Crippen molar-refractivity contribution in [2.24, 2.45) is 0 Å². The van der Waals surface area contributed by atoms with E-state index < -0.39 is 0 Å². The van der Waals surface area contributed by atoms with Crippen molar-refractivity contribution < 1.29 is 9.90 Å². The highest BCUT2D eigenvalue weighted by atomic mass is 35.5. The highest BCUT2D eigenvalue weighted by molar-refractivity contribution is 7.10. The number of rotatable bonds is 3. The van der Waals surface area contributed by atoms with Crippen LogP contribution in [-0.4, -0.2) is 15.5 Å². The summed E-state index contributed by atoms with van der Waals surface area (Å²) in [6, 6.07) is 12.5. The molecule has 7 heteroatoms. The molecule has 1 aromatic heterocycles. The lowest BCUT2D eigenvalue weighted by Gasteiger charge is -2.12. The fourth-order valence-electron chi connectivity index (χ4n) is 3.04. The van der Waals surface area contributed by atoms with Gasteiger partial charge in [0.15, 0.2) is 5.78 Å². The lowest BCUT2D eigenvalue weighted by molar-refractivity contribution is -0.109. The Morgan fingerprint density at radius 1 is 1.00 bits per heavy atom. The summed E-state index contributed by atoms with van der Waals surface area (Å²) in [5.74, 6) is -0.405. The Hall–Kier alpha value is -2.60. The molecule has 0 spiro atoms. The predicted octanol–water partition coefficient (Wildman–Crippen LogP) is 5.11. The Bertz CT molecular complexity index is 1200. The fourth-order valence-corrected chi connectivity index (χ4v) is 4.39. The lowest BCUT2D eigenvalue weighted by atomic mass is 9.91. The third-order valence-electron chi connectivity index (χ3n) is 4.48. The van der Waals surface area contributed by atoms with Crippen LogP contribution in [0.2, 0.25) is 10.0 Å². The number of nitrogens with zero attached hydrogens (tertiary/aromatic N) is 1. The number of carbonyl (C=O) groups is 1. The monoisotopic (exact) mass is 429 g/mol. The van der Waals surface area contributed by atoms with Gasteiger partial charge in [0.05, 0.1) is 11.4 Å². The van der Waals surface area contributed by atoms with Crippen molar-refractivity contribution in [3.63, 3.8) is 0 Å². The van der Waals surface area contributed by atoms with E-state index in [0.29, 0.717) is 26.1 Å². The number of thiazole rings is 1. The molecule has 0 atom stereocenters. The van der Waals surface area contributed by atoms with Crippen molar-refractivity contribution in [1.82, 2.24) is 4.57 Å². The molecule has 3 aromatic rings. The van der Waals surface area contributed by atoms with Crippen molar-refractivity contribution >= 4 is 58.0 Å². The van der Waals surface area contributed by atoms with Crippen LogP contribution < -0.4 is 4.87 Å². The van der Waals surface area contributed by atoms with Crippen molar-refractivity contribution in [3.05, 3.63) is 89.8 Å². The van der Waals surface area contributed by atoms with E-state index in [9.17, 15) is 14.7 Å². The summed E-state index contributed by atoms with van der Waals surface area (Å²) in [6.45, 7) is 0.0350. The SMILES string of the molecule is O=C1C=Cc2ccccc2/C1=C/c1sc(=O)n(Cc2c(Cl)cccc2Cl)c1O. The van der Waals surface area contributed by atoms with Gasteiger partial charge in [-0.1, -0.05) is 70.9 Å². The molecule has 0 aliphatic heterocycles. The number of allylic oxidation sites excluding steroid dienone is 2. The number of hydrogen-bond donors (Lipinski definition) is 1. The van der Waals surface area contributed by atoms with Gasteiger partial charge in [-0.2, -0.15) is 0 Å². The van der Waals surface area contributed by atoms with Gasteiger partial charge in [-0.15, -0.1) is 0 Å². The summed E-state index contributed by atoms with van der Waals surface area (Å²) < 4.78 is 1.19. The molecule has 0 saturated heterocycles. The first-order valence-corrected chi connectivity index (χ1v) is 9.92. The lowest BCUT2D eigenvalue weighted by Crippen LogP contribution is -2.13. The van der Waals surface area contributed by atoms with E-state index in [0.717, 1.165) is 22.5 Å². The standard InChI is InChI=1S/C21H13Cl2NO3S/c22-16-6-3-7-17(23)15(16)11-24-20(26)19(28-21(24)27)10-14-13-5-2-1-4-12(13)8-9-18(14)25/h1-10,26H,11H2/b14-10-. The van der Waals surface area contributed by atoms with Crippen LogP contribution in [0.1, 0.15) is 21.6 Å². The topological polar surface area (TPSA) is 59.3 Å². The van der Waals surface area contributed by atoms with Crippen LogP contribution in [-0.2, 0) is 11.3 Å². The van der Waals surface area contributed by atoms with Gasteiger partial charge >= 0.3 is 4.87 Å². The third-order valence-corrected chi connectivity index (χ3v) is 6.10. The molecule has 1 aliphatic carbocycles. The Morgan fingerprint density at radius 2 is 1.71 bits per heavy atom. The van der Waals surface area contributed by atoms with Crippen LogP contribution in [0, 0.1) is 0 Å². The van der Waals surface area contributed by atoms with Crippen molar-refractivity contribution in [1.29, 1.82) is 0 Å². The van der Waals surface area contributed by atoms with E-state index in [1.807, 2.05) is 24.3 Å². The second-order valence-corrected chi connectivity index (χ2v) is 7.99. The predicted molar refractivity (Wildman–Crippen MR) is 114 cm³/mol. The molecule has 1 heterocycles. The number of hydrogen-bond acceptors (Lipinski definition) is 4. The largest absolute Gasteiger partial charge is 0.493 e. The van der Waals surface area contributed by atoms with E-state index in [4.69, 9.17) is 23.2 Å². The van der Waals surface area contributed by atoms with E-state index >= 15 is 0 Å². The molecule has 1 N–H and O–H groups in total. The first-order chi connectivity index (χ1) is 13.5. The Balaban J connectivity index is 1.78. The molecule has 0 bridgehead atoms. The molecule has 4 rings (SSSR count). The van der Waals surface area contributed by atoms with Gasteiger partial charge in [0.25, 0.3) is 0 Å². The second-order valence-electron chi connectivity index (χ2n) is 6.19. The molecule has 4 nitrogen and oxygen atoms in total. The summed E-state index contributed by atoms with van der Waals surface area (Å²) in [5.41, 5.74) is 2.64. The molecular formula is C21H13Cl2NO3S. The minimum absolute atomic E-state index is 0.0350. The van der Waals surface area contributed by atoms with Crippen LogP contribution in [0.15, 0.2) is 53.3 Å². The fraction of sp³-hybridized carbons (Fsp3) is 0.0476. The van der Waals surface area contributed by atoms with Crippen molar-refractivity contribution in [2.75, 3.05) is 0 Å². The maximum Gasteiger partial charge on any atom is 0.310 e. The van der Waals surface area contributed by atoms with Crippen LogP contribution >= 0.6 is 34.5 Å². The van der Waals surface area contributed by atoms with E-state index in [1.165, 1.54) is 10.6 Å². The first kappa shape index (κ1) is 18.7. The van der Waals surface area contributed by atoms with Crippen molar-refractivity contribution in [3.8, 4) is 5.88 Å². The van der Waals surface area contributed by atoms with Gasteiger partial charge in [-0.05, 0) is 35.4 Å². The van der Waals surface area contributed by atoms with Crippen LogP contribution in [0.25, 0.3) is 17.7 Å². The van der Waals surface area contributed by atoms with Crippen molar-refractivity contribution in [2.45, 2.75) is 6.54 Å². The van der Waals surface area contributed by atoms with Crippen LogP contribution in [0.4, 0.5) is 0 Å². The number of fused-ring (bicyclic) bond motifs is 1. The number of aromatic nitrogens is 1. The smallest absolute Gasteiger partial charge is 0.310 e. The van der Waals surface area contributed by atoms with Gasteiger partial charge in [0.1, 0.15) is 0 Å². The molecule has 0 saturated carbocycles. The highest BCUT2D eigenvalue weighted by Crippen LogP contribution is 2.33. The summed E-state index contributed by atoms with van der Waals surface area (Å²) in [5, 5.41) is 11.4. The van der Waals surface area contributed by atoms with Gasteiger partial charge in [-0.25, -0.2) is 0 Å². The maximum atomic E-state index is 12.5. The molecule has 28 heavy (non-hydrogen) atoms. The third kappa shape index (κ3) is 3.33. The van der Waals surface area contributed by atoms with Gasteiger partial charge < -0.3 is 5.11 Å². The zero-order valence-corrected chi connectivity index (χ0v) is 16.7. The number of aromatic hydroxyl groups is 1. The minimum Gasteiger partial charge on any atom is -0.493 e. The Morgan fingerprint density at radius 3 is 2.46 bits per heavy atom. The average Bonchev–Trinajstić information content (AvgIpc) is 2.94. The number of carbonyl (C=O) groups excluding carboxylic acids is 1. The number of ketones is 1. The maximum absolute atomic E-state index is 12.5. The summed E-state index contributed by atoms with van der Waals surface area (Å²) in [6.07, 6.45) is 4.78. The molecule has 0 unspecified atom stereocenters. The normalized spacial score (nSPS) is 14.5. The zero-order valence-electron chi connectivity index (χ0n) is 14.4. The first-order valence-electron chi connectivity index (χ1n) is 8.34. The van der Waals surface area contributed by atoms with E-state index in [1.54, 1.807) is 30.4 Å². The minimum atomic E-state index is -0.368. The summed E-state index contributed by atoms with van der Waals surface area (Å²) >= 11 is 13.2. The molecule has 140 valence electrons. The van der Waals surface area contributed by atoms with Crippen LogP contribution in [0.3, 0.4) is 0 Å². The quantitative estimate of drug-likeness (QED) is 0.588. The van der Waals surface area contributed by atoms with Crippen LogP contribution in [0.5, 0.6) is 5.88 Å². The second kappa shape index (κ2) is 7.43. The summed E-state index contributed by atoms with van der Waals surface area (Å²) in [4.78, 5) is 24.8. The highest BCUT2D eigenvalue weighted by Gasteiger charge is 2.20. The number of benzene rings is 2. The molecule has 0 fully saturated rings. The molecule has 0 amide bonds. The Labute approximate surface area is 174 Å². The van der Waals surface area contributed by atoms with Gasteiger partial charge in [0.2, 0.25) is 5.88 Å². The number of halogens is 2. The zero-order chi connectivity index (χ0) is 19.8. The summed E-state index contributed by atoms with van der Waals surface area (Å²) in [7, 11) is 0. The molecule has 1 aliphatic rings. The molecular weight excluding hydrogens is 417 g/mol. The van der Waals surface area contributed by atoms with Gasteiger partial charge in [0, 0.05) is 21.2 Å². The van der Waals surface area contributed by atoms with E-state index in [-0.39, 0.29) is 23.1 Å². The molecule has 0 radical (unpaired) electrons. The average molecular weight is 430 g/mol. The Kier molecular flexibility index (Phi) is 4.98.